The third-order valence-electron chi connectivity index (χ3n) is 5.61. The van der Waals surface area contributed by atoms with Crippen LogP contribution < -0.4 is 5.73 Å². The van der Waals surface area contributed by atoms with Crippen molar-refractivity contribution in [1.29, 1.82) is 0 Å². The largest absolute Gasteiger partial charge is 0.466 e. The molecular weight excluding hydrogens is 434 g/mol. The summed E-state index contributed by atoms with van der Waals surface area (Å²) in [6.07, 6.45) is 1.77. The number of anilines is 1. The average Bonchev–Trinajstić information content (AvgIpc) is 3.13. The molecule has 0 saturated carbocycles. The number of nitrogens with two attached hydrogens (primary N) is 1. The van der Waals surface area contributed by atoms with Crippen LogP contribution in [-0.2, 0) is 24.1 Å². The van der Waals surface area contributed by atoms with Gasteiger partial charge in [0.2, 0.25) is 0 Å². The fourth-order valence-corrected chi connectivity index (χ4v) is 8.28. The Bertz CT molecular complexity index is 1010. The summed E-state index contributed by atoms with van der Waals surface area (Å²) in [6.45, 7) is 7.02. The molecule has 1 aliphatic heterocycles. The Labute approximate surface area is 184 Å². The number of sulfone groups is 1. The van der Waals surface area contributed by atoms with Gasteiger partial charge in [-0.25, -0.2) is 8.42 Å². The zero-order chi connectivity index (χ0) is 22.0. The Morgan fingerprint density at radius 2 is 1.97 bits per heavy atom. The quantitative estimate of drug-likeness (QED) is 0.351. The molecule has 1 saturated heterocycles. The zero-order valence-corrected chi connectivity index (χ0v) is 20.6. The van der Waals surface area contributed by atoms with Crippen molar-refractivity contribution in [3.05, 3.63) is 41.3 Å². The Morgan fingerprint density at radius 1 is 1.20 bits per heavy atom. The number of hydrogen-bond acceptors (Lipinski definition) is 6. The number of carbonyl (C=O) groups is 1. The summed E-state index contributed by atoms with van der Waals surface area (Å²) in [6, 6.07) is 12.2. The predicted molar refractivity (Wildman–Crippen MR) is 127 cm³/mol. The highest BCUT2D eigenvalue weighted by molar-refractivity contribution is 7.92. The highest BCUT2D eigenvalue weighted by Crippen LogP contribution is 2.47. The first-order valence-electron chi connectivity index (χ1n) is 10.4. The number of ether oxygens (including phenoxy) is 1. The van der Waals surface area contributed by atoms with E-state index in [1.54, 1.807) is 0 Å². The maximum absolute atomic E-state index is 13.3. The topological polar surface area (TPSA) is 86.5 Å². The maximum atomic E-state index is 13.3. The maximum Gasteiger partial charge on any atom is 0.307 e. The van der Waals surface area contributed by atoms with Crippen molar-refractivity contribution in [1.82, 2.24) is 0 Å². The third kappa shape index (κ3) is 5.15. The van der Waals surface area contributed by atoms with E-state index in [2.05, 4.69) is 19.6 Å². The molecule has 3 rings (SSSR count). The van der Waals surface area contributed by atoms with E-state index in [-0.39, 0.29) is 12.2 Å². The van der Waals surface area contributed by atoms with Crippen LogP contribution in [0.5, 0.6) is 0 Å². The number of esters is 1. The van der Waals surface area contributed by atoms with E-state index >= 15 is 0 Å². The highest BCUT2D eigenvalue weighted by Gasteiger charge is 2.49. The lowest BCUT2D eigenvalue weighted by molar-refractivity contribution is -0.144. The van der Waals surface area contributed by atoms with E-state index < -0.39 is 28.6 Å². The lowest BCUT2D eigenvalue weighted by Crippen LogP contribution is -2.42. The summed E-state index contributed by atoms with van der Waals surface area (Å²) in [5.41, 5.74) is 7.52. The van der Waals surface area contributed by atoms with Gasteiger partial charge in [0.05, 0.1) is 18.8 Å². The smallest absolute Gasteiger partial charge is 0.307 e. The van der Waals surface area contributed by atoms with Gasteiger partial charge in [0.15, 0.2) is 9.84 Å². The zero-order valence-electron chi connectivity index (χ0n) is 17.9. The first kappa shape index (κ1) is 23.0. The van der Waals surface area contributed by atoms with Gasteiger partial charge in [-0.15, -0.1) is 11.3 Å². The summed E-state index contributed by atoms with van der Waals surface area (Å²) < 4.78 is 30.8. The van der Waals surface area contributed by atoms with Crippen molar-refractivity contribution in [3.8, 4) is 10.4 Å². The Kier molecular flexibility index (Phi) is 6.79. The van der Waals surface area contributed by atoms with E-state index in [9.17, 15) is 13.2 Å². The fourth-order valence-electron chi connectivity index (χ4n) is 3.80. The fraction of sp³-hybridized carbons (Fsp3) is 0.500. The highest BCUT2D eigenvalue weighted by atomic mass is 32.2. The van der Waals surface area contributed by atoms with Crippen molar-refractivity contribution in [2.24, 2.45) is 0 Å². The molecule has 0 radical (unpaired) electrons. The first-order valence-corrected chi connectivity index (χ1v) is 16.5. The van der Waals surface area contributed by atoms with Gasteiger partial charge in [-0.1, -0.05) is 38.2 Å². The van der Waals surface area contributed by atoms with Crippen LogP contribution in [0, 0.1) is 0 Å². The van der Waals surface area contributed by atoms with E-state index in [0.717, 1.165) is 27.8 Å². The lowest BCUT2D eigenvalue weighted by Gasteiger charge is -2.35. The Morgan fingerprint density at radius 3 is 2.63 bits per heavy atom. The molecular formula is C22H31NO4S2Si. The molecule has 0 spiro atoms. The van der Waals surface area contributed by atoms with Gasteiger partial charge in [-0.3, -0.25) is 4.79 Å². The molecule has 1 fully saturated rings. The van der Waals surface area contributed by atoms with Crippen LogP contribution in [0.2, 0.25) is 25.7 Å². The second kappa shape index (κ2) is 8.84. The van der Waals surface area contributed by atoms with Gasteiger partial charge in [0.1, 0.15) is 4.75 Å². The van der Waals surface area contributed by atoms with Crippen LogP contribution in [0.1, 0.15) is 30.6 Å². The van der Waals surface area contributed by atoms with E-state index in [0.29, 0.717) is 25.1 Å². The third-order valence-corrected chi connectivity index (χ3v) is 11.4. The van der Waals surface area contributed by atoms with Crippen LogP contribution in [-0.4, -0.2) is 34.8 Å². The normalized spacial score (nSPS) is 21.3. The summed E-state index contributed by atoms with van der Waals surface area (Å²) in [5, 5.41) is 0. The van der Waals surface area contributed by atoms with Crippen LogP contribution in [0.3, 0.4) is 0 Å². The molecule has 0 amide bonds. The minimum atomic E-state index is -3.47. The number of thiophene rings is 1. The number of nitrogen functional groups attached to an aromatic ring is 1. The van der Waals surface area contributed by atoms with Gasteiger partial charge in [-0.05, 0) is 48.7 Å². The molecule has 164 valence electrons. The van der Waals surface area contributed by atoms with Crippen molar-refractivity contribution >= 4 is 40.9 Å². The van der Waals surface area contributed by atoms with E-state index in [4.69, 9.17) is 10.5 Å². The minimum absolute atomic E-state index is 0.112. The second-order valence-corrected chi connectivity index (χ2v) is 18.4. The molecule has 0 aliphatic carbocycles. The van der Waals surface area contributed by atoms with Crippen molar-refractivity contribution in [2.75, 3.05) is 18.1 Å². The molecule has 1 atom stereocenters. The number of rotatable bonds is 7. The average molecular weight is 466 g/mol. The monoisotopic (exact) mass is 465 g/mol. The molecule has 2 N–H and O–H groups in total. The number of carbonyl (C=O) groups excluding carboxylic acids is 1. The van der Waals surface area contributed by atoms with Crippen LogP contribution >= 0.6 is 11.3 Å². The number of benzene rings is 1. The van der Waals surface area contributed by atoms with Gasteiger partial charge < -0.3 is 10.5 Å². The molecule has 1 aromatic carbocycles. The summed E-state index contributed by atoms with van der Waals surface area (Å²) >= 11 is 1.44. The van der Waals surface area contributed by atoms with Gasteiger partial charge in [-0.2, -0.15) is 0 Å². The van der Waals surface area contributed by atoms with Crippen LogP contribution in [0.15, 0.2) is 36.4 Å². The molecule has 2 aromatic rings. The summed E-state index contributed by atoms with van der Waals surface area (Å²) in [4.78, 5) is 14.4. The molecule has 1 aliphatic rings. The van der Waals surface area contributed by atoms with Crippen LogP contribution in [0.4, 0.5) is 5.69 Å². The minimum Gasteiger partial charge on any atom is -0.466 e. The summed E-state index contributed by atoms with van der Waals surface area (Å²) in [7, 11) is -4.80. The van der Waals surface area contributed by atoms with Gasteiger partial charge in [0, 0.05) is 23.5 Å². The Balaban J connectivity index is 1.89. The van der Waals surface area contributed by atoms with Crippen molar-refractivity contribution < 1.29 is 17.9 Å². The molecule has 5 nitrogen and oxygen atoms in total. The van der Waals surface area contributed by atoms with Crippen molar-refractivity contribution in [2.45, 2.75) is 56.1 Å². The molecule has 0 bridgehead atoms. The lowest BCUT2D eigenvalue weighted by atomic mass is 9.95. The van der Waals surface area contributed by atoms with Gasteiger partial charge in [0.25, 0.3) is 0 Å². The standard InChI is InChI=1S/C22H31NO4S2Si/c1-30(2,3)14-12-27-21(24)16-22(11-4-5-13-29(22,25)26)20-10-9-19(28-20)17-7-6-8-18(23)15-17/h6-10,15H,4-5,11-14,16,23H2,1-3H3/t22-/m0/s1. The van der Waals surface area contributed by atoms with E-state index in [1.165, 1.54) is 11.3 Å². The predicted octanol–water partition coefficient (Wildman–Crippen LogP) is 5.06. The molecule has 8 heteroatoms. The van der Waals surface area contributed by atoms with E-state index in [1.807, 2.05) is 36.4 Å². The number of hydrogen-bond donors (Lipinski definition) is 1. The van der Waals surface area contributed by atoms with Crippen LogP contribution in [0.25, 0.3) is 10.4 Å². The molecule has 0 unspecified atom stereocenters. The summed E-state index contributed by atoms with van der Waals surface area (Å²) in [5.74, 6) is -0.307. The SMILES string of the molecule is C[Si](C)(C)CCOC(=O)C[C@]1(c2ccc(-c3cccc(N)c3)s2)CCCCS1(=O)=O. The molecule has 2 heterocycles. The van der Waals surface area contributed by atoms with Crippen molar-refractivity contribution in [3.63, 3.8) is 0 Å². The molecule has 1 aromatic heterocycles. The Hall–Kier alpha value is -1.64. The molecule has 30 heavy (non-hydrogen) atoms. The van der Waals surface area contributed by atoms with Gasteiger partial charge >= 0.3 is 5.97 Å². The first-order chi connectivity index (χ1) is 14.0. The second-order valence-electron chi connectivity index (χ2n) is 9.27.